The van der Waals surface area contributed by atoms with Crippen LogP contribution in [0.2, 0.25) is 0 Å². The van der Waals surface area contributed by atoms with Crippen LogP contribution in [0.5, 0.6) is 0 Å². The predicted molar refractivity (Wildman–Crippen MR) is 199 cm³/mol. The highest BCUT2D eigenvalue weighted by Crippen LogP contribution is 2.22. The second-order valence-electron chi connectivity index (χ2n) is 13.1. The lowest BCUT2D eigenvalue weighted by Crippen LogP contribution is -1.88. The number of unbranched alkanes of at least 4 members (excludes halogenated alkanes) is 18. The highest BCUT2D eigenvalue weighted by Gasteiger charge is 2.01. The van der Waals surface area contributed by atoms with Crippen LogP contribution < -0.4 is 0 Å². The van der Waals surface area contributed by atoms with Crippen LogP contribution in [-0.4, -0.2) is 0 Å². The topological polar surface area (TPSA) is 0 Å². The molecular weight excluding hydrogens is 528 g/mol. The fourth-order valence-corrected chi connectivity index (χ4v) is 6.63. The maximum absolute atomic E-state index is 2.30. The molecule has 0 fully saturated rings. The molecule has 0 nitrogen and oxygen atoms in total. The third kappa shape index (κ3) is 14.5. The summed E-state index contributed by atoms with van der Waals surface area (Å²) in [4.78, 5) is 0. The lowest BCUT2D eigenvalue weighted by molar-refractivity contribution is 0.556. The predicted octanol–water partition coefficient (Wildman–Crippen LogP) is 14.6. The largest absolute Gasteiger partial charge is 0.0654 e. The van der Waals surface area contributed by atoms with Crippen LogP contribution in [0.3, 0.4) is 0 Å². The standard InChI is InChI=1S/2C22H32/c2*1-2-3-4-5-6-7-8-9-10-11-15-20-17-14-18-21-16-12-13-19-22(20)21/h2*12-14,16-19H,2-11,15H2,1H3. The fraction of sp³-hybridized carbons (Fsp3) is 0.545. The summed E-state index contributed by atoms with van der Waals surface area (Å²) in [5, 5.41) is 5.65. The molecule has 0 radical (unpaired) electrons. The maximum Gasteiger partial charge on any atom is -0.0152 e. The lowest BCUT2D eigenvalue weighted by Gasteiger charge is -2.06. The van der Waals surface area contributed by atoms with Crippen LogP contribution in [0.4, 0.5) is 0 Å². The quantitative estimate of drug-likeness (QED) is 0.0796. The molecule has 0 unspecified atom stereocenters. The minimum atomic E-state index is 1.23. The Hall–Kier alpha value is -2.60. The van der Waals surface area contributed by atoms with E-state index in [0.29, 0.717) is 0 Å². The number of aryl methyl sites for hydroxylation is 2. The zero-order chi connectivity index (χ0) is 30.9. The third-order valence-corrected chi connectivity index (χ3v) is 9.36. The minimum Gasteiger partial charge on any atom is -0.0654 e. The third-order valence-electron chi connectivity index (χ3n) is 9.36. The molecule has 0 spiro atoms. The van der Waals surface area contributed by atoms with Crippen molar-refractivity contribution in [1.82, 2.24) is 0 Å². The summed E-state index contributed by atoms with van der Waals surface area (Å²) in [6.45, 7) is 4.58. The average molecular weight is 593 g/mol. The second kappa shape index (κ2) is 23.7. The summed E-state index contributed by atoms with van der Waals surface area (Å²) in [6.07, 6.45) is 30.7. The van der Waals surface area contributed by atoms with Gasteiger partial charge in [0.15, 0.2) is 0 Å². The van der Waals surface area contributed by atoms with E-state index >= 15 is 0 Å². The molecule has 4 aromatic carbocycles. The highest BCUT2D eigenvalue weighted by molar-refractivity contribution is 5.86. The van der Waals surface area contributed by atoms with E-state index in [-0.39, 0.29) is 0 Å². The van der Waals surface area contributed by atoms with E-state index in [4.69, 9.17) is 0 Å². The zero-order valence-corrected chi connectivity index (χ0v) is 28.6. The molecule has 0 saturated heterocycles. The normalized spacial score (nSPS) is 11.1. The van der Waals surface area contributed by atoms with Gasteiger partial charge in [-0.15, -0.1) is 0 Å². The van der Waals surface area contributed by atoms with Gasteiger partial charge in [0.05, 0.1) is 0 Å². The Kier molecular flexibility index (Phi) is 19.4. The first-order valence-corrected chi connectivity index (χ1v) is 18.8. The Labute approximate surface area is 272 Å². The van der Waals surface area contributed by atoms with Gasteiger partial charge in [0.1, 0.15) is 0 Å². The van der Waals surface area contributed by atoms with E-state index in [2.05, 4.69) is 98.8 Å². The molecule has 4 rings (SSSR count). The molecule has 0 bridgehead atoms. The van der Waals surface area contributed by atoms with Gasteiger partial charge in [-0.1, -0.05) is 214 Å². The summed E-state index contributed by atoms with van der Waals surface area (Å²) < 4.78 is 0. The molecule has 0 heterocycles. The van der Waals surface area contributed by atoms with Gasteiger partial charge in [-0.25, -0.2) is 0 Å². The summed E-state index contributed by atoms with van der Waals surface area (Å²) in [5.41, 5.74) is 3.05. The molecule has 44 heavy (non-hydrogen) atoms. The van der Waals surface area contributed by atoms with Crippen molar-refractivity contribution in [3.05, 3.63) is 96.1 Å². The van der Waals surface area contributed by atoms with Crippen LogP contribution in [0.1, 0.15) is 153 Å². The van der Waals surface area contributed by atoms with Crippen molar-refractivity contribution >= 4 is 21.5 Å². The first kappa shape index (κ1) is 35.9. The Morgan fingerprint density at radius 2 is 0.591 bits per heavy atom. The summed E-state index contributed by atoms with van der Waals surface area (Å²) in [7, 11) is 0. The van der Waals surface area contributed by atoms with Gasteiger partial charge < -0.3 is 0 Å². The first-order chi connectivity index (χ1) is 21.8. The second-order valence-corrected chi connectivity index (χ2v) is 13.1. The molecule has 0 N–H and O–H groups in total. The number of fused-ring (bicyclic) bond motifs is 2. The molecule has 0 aliphatic heterocycles. The van der Waals surface area contributed by atoms with Crippen molar-refractivity contribution in [3.8, 4) is 0 Å². The molecule has 0 aliphatic rings. The summed E-state index contributed by atoms with van der Waals surface area (Å²) in [6, 6.07) is 31.0. The molecule has 4 aromatic rings. The Balaban J connectivity index is 0.000000240. The number of hydrogen-bond donors (Lipinski definition) is 0. The van der Waals surface area contributed by atoms with Gasteiger partial charge in [-0.3, -0.25) is 0 Å². The maximum atomic E-state index is 2.30. The van der Waals surface area contributed by atoms with Crippen molar-refractivity contribution in [2.24, 2.45) is 0 Å². The van der Waals surface area contributed by atoms with Gasteiger partial charge in [-0.2, -0.15) is 0 Å². The van der Waals surface area contributed by atoms with Gasteiger partial charge >= 0.3 is 0 Å². The molecule has 0 aromatic heterocycles. The van der Waals surface area contributed by atoms with E-state index in [1.165, 1.54) is 174 Å². The Morgan fingerprint density at radius 3 is 0.955 bits per heavy atom. The van der Waals surface area contributed by atoms with Crippen LogP contribution in [0.25, 0.3) is 21.5 Å². The van der Waals surface area contributed by atoms with Gasteiger partial charge in [0.25, 0.3) is 0 Å². The van der Waals surface area contributed by atoms with Crippen molar-refractivity contribution in [3.63, 3.8) is 0 Å². The van der Waals surface area contributed by atoms with E-state index in [1.54, 1.807) is 0 Å². The summed E-state index contributed by atoms with van der Waals surface area (Å²) in [5.74, 6) is 0. The average Bonchev–Trinajstić information content (AvgIpc) is 3.07. The Morgan fingerprint density at radius 1 is 0.295 bits per heavy atom. The van der Waals surface area contributed by atoms with Crippen LogP contribution in [0, 0.1) is 0 Å². The van der Waals surface area contributed by atoms with E-state index in [0.717, 1.165) is 0 Å². The minimum absolute atomic E-state index is 1.23. The van der Waals surface area contributed by atoms with Gasteiger partial charge in [-0.05, 0) is 58.4 Å². The first-order valence-electron chi connectivity index (χ1n) is 18.8. The van der Waals surface area contributed by atoms with Crippen LogP contribution in [-0.2, 0) is 12.8 Å². The Bertz CT molecular complexity index is 1140. The fourth-order valence-electron chi connectivity index (χ4n) is 6.63. The van der Waals surface area contributed by atoms with E-state index < -0.39 is 0 Å². The van der Waals surface area contributed by atoms with Crippen molar-refractivity contribution < 1.29 is 0 Å². The summed E-state index contributed by atoms with van der Waals surface area (Å²) >= 11 is 0. The molecule has 240 valence electrons. The van der Waals surface area contributed by atoms with Crippen molar-refractivity contribution in [2.45, 2.75) is 155 Å². The SMILES string of the molecule is CCCCCCCCCCCCc1cccc2ccccc12.CCCCCCCCCCCCc1cccc2ccccc12. The monoisotopic (exact) mass is 593 g/mol. The molecule has 0 heteroatoms. The van der Waals surface area contributed by atoms with Gasteiger partial charge in [0.2, 0.25) is 0 Å². The number of hydrogen-bond acceptors (Lipinski definition) is 0. The van der Waals surface area contributed by atoms with Crippen molar-refractivity contribution in [2.75, 3.05) is 0 Å². The molecule has 0 saturated carbocycles. The number of rotatable bonds is 22. The smallest absolute Gasteiger partial charge is 0.0152 e. The molecule has 0 amide bonds. The number of benzene rings is 4. The molecule has 0 atom stereocenters. The van der Waals surface area contributed by atoms with Gasteiger partial charge in [0, 0.05) is 0 Å². The molecule has 0 aliphatic carbocycles. The lowest BCUT2D eigenvalue weighted by atomic mass is 9.99. The van der Waals surface area contributed by atoms with E-state index in [1.807, 2.05) is 0 Å². The van der Waals surface area contributed by atoms with E-state index in [9.17, 15) is 0 Å². The zero-order valence-electron chi connectivity index (χ0n) is 28.6. The van der Waals surface area contributed by atoms with Crippen molar-refractivity contribution in [1.29, 1.82) is 0 Å². The highest BCUT2D eigenvalue weighted by atomic mass is 14.1. The van der Waals surface area contributed by atoms with Crippen LogP contribution >= 0.6 is 0 Å². The molecular formula is C44H64. The van der Waals surface area contributed by atoms with Crippen LogP contribution in [0.15, 0.2) is 84.9 Å².